The SMILES string of the molecule is CC1=Cc2ccccc2C1c1ccccc1-c1cc(C(C)(C)C)cc(C(C)(C)C)c1O. The van der Waals surface area contributed by atoms with Gasteiger partial charge >= 0.3 is 0 Å². The fourth-order valence-corrected chi connectivity index (χ4v) is 4.73. The second-order valence-corrected chi connectivity index (χ2v) is 11.0. The molecule has 1 aliphatic carbocycles. The van der Waals surface area contributed by atoms with E-state index in [4.69, 9.17) is 0 Å². The van der Waals surface area contributed by atoms with Gasteiger partial charge in [-0.15, -0.1) is 0 Å². The van der Waals surface area contributed by atoms with Crippen LogP contribution >= 0.6 is 0 Å². The lowest BCUT2D eigenvalue weighted by Gasteiger charge is -2.28. The highest BCUT2D eigenvalue weighted by Gasteiger charge is 2.29. The van der Waals surface area contributed by atoms with Crippen molar-refractivity contribution >= 4 is 6.08 Å². The fourth-order valence-electron chi connectivity index (χ4n) is 4.73. The van der Waals surface area contributed by atoms with E-state index in [-0.39, 0.29) is 16.7 Å². The maximum Gasteiger partial charge on any atom is 0.127 e. The fraction of sp³-hybridized carbons (Fsp3) is 0.333. The van der Waals surface area contributed by atoms with Crippen LogP contribution in [0.15, 0.2) is 66.2 Å². The van der Waals surface area contributed by atoms with Crippen molar-refractivity contribution in [1.29, 1.82) is 0 Å². The van der Waals surface area contributed by atoms with E-state index < -0.39 is 0 Å². The number of aromatic hydroxyl groups is 1. The summed E-state index contributed by atoms with van der Waals surface area (Å²) in [6.45, 7) is 15.4. The van der Waals surface area contributed by atoms with Gasteiger partial charge in [-0.05, 0) is 51.6 Å². The summed E-state index contributed by atoms with van der Waals surface area (Å²) < 4.78 is 0. The molecule has 0 aliphatic heterocycles. The molecule has 4 rings (SSSR count). The number of phenolic OH excluding ortho intramolecular Hbond substituents is 1. The minimum atomic E-state index is -0.148. The molecule has 1 unspecified atom stereocenters. The summed E-state index contributed by atoms with van der Waals surface area (Å²) >= 11 is 0. The van der Waals surface area contributed by atoms with Crippen molar-refractivity contribution in [3.63, 3.8) is 0 Å². The molecule has 0 heterocycles. The second-order valence-electron chi connectivity index (χ2n) is 11.0. The van der Waals surface area contributed by atoms with Crippen LogP contribution < -0.4 is 0 Å². The molecule has 3 aromatic carbocycles. The number of benzene rings is 3. The van der Waals surface area contributed by atoms with Gasteiger partial charge in [-0.2, -0.15) is 0 Å². The second kappa shape index (κ2) is 7.41. The van der Waals surface area contributed by atoms with E-state index in [1.807, 2.05) is 0 Å². The van der Waals surface area contributed by atoms with Crippen LogP contribution in [0.1, 0.15) is 82.2 Å². The van der Waals surface area contributed by atoms with Crippen LogP contribution in [0.25, 0.3) is 17.2 Å². The number of phenols is 1. The molecule has 3 aromatic rings. The highest BCUT2D eigenvalue weighted by Crippen LogP contribution is 2.48. The summed E-state index contributed by atoms with van der Waals surface area (Å²) in [6.07, 6.45) is 2.29. The van der Waals surface area contributed by atoms with Gasteiger partial charge in [-0.3, -0.25) is 0 Å². The van der Waals surface area contributed by atoms with Crippen LogP contribution in [0.5, 0.6) is 5.75 Å². The molecule has 0 aromatic heterocycles. The van der Waals surface area contributed by atoms with Crippen LogP contribution in [-0.4, -0.2) is 5.11 Å². The van der Waals surface area contributed by atoms with Crippen molar-refractivity contribution in [2.24, 2.45) is 0 Å². The van der Waals surface area contributed by atoms with Gasteiger partial charge in [0.2, 0.25) is 0 Å². The minimum absolute atomic E-state index is 0.00677. The van der Waals surface area contributed by atoms with Crippen molar-refractivity contribution in [3.05, 3.63) is 94.1 Å². The Morgan fingerprint density at radius 2 is 1.32 bits per heavy atom. The third-order valence-corrected chi connectivity index (χ3v) is 6.49. The zero-order valence-electron chi connectivity index (χ0n) is 19.9. The maximum absolute atomic E-state index is 11.5. The number of hydrogen-bond acceptors (Lipinski definition) is 1. The quantitative estimate of drug-likeness (QED) is 0.451. The molecular formula is C30H34O. The molecule has 0 amide bonds. The van der Waals surface area contributed by atoms with Gasteiger partial charge in [0.1, 0.15) is 5.75 Å². The molecule has 1 N–H and O–H groups in total. The third kappa shape index (κ3) is 3.83. The Bertz CT molecular complexity index is 1170. The van der Waals surface area contributed by atoms with Crippen molar-refractivity contribution in [1.82, 2.24) is 0 Å². The molecule has 31 heavy (non-hydrogen) atoms. The van der Waals surface area contributed by atoms with Crippen molar-refractivity contribution in [3.8, 4) is 16.9 Å². The molecule has 0 bridgehead atoms. The van der Waals surface area contributed by atoms with E-state index >= 15 is 0 Å². The largest absolute Gasteiger partial charge is 0.507 e. The van der Waals surface area contributed by atoms with Crippen LogP contribution in [-0.2, 0) is 10.8 Å². The Morgan fingerprint density at radius 3 is 1.97 bits per heavy atom. The number of rotatable bonds is 2. The first-order chi connectivity index (χ1) is 14.5. The Labute approximate surface area is 187 Å². The lowest BCUT2D eigenvalue weighted by atomic mass is 9.76. The Balaban J connectivity index is 1.99. The molecular weight excluding hydrogens is 376 g/mol. The molecule has 1 nitrogen and oxygen atoms in total. The summed E-state index contributed by atoms with van der Waals surface area (Å²) in [5, 5.41) is 11.5. The van der Waals surface area contributed by atoms with Gasteiger partial charge in [0, 0.05) is 17.0 Å². The van der Waals surface area contributed by atoms with Crippen molar-refractivity contribution < 1.29 is 5.11 Å². The standard InChI is InChI=1S/C30H34O/c1-19-16-20-12-8-9-13-22(20)27(19)24-15-11-10-14-23(24)25-17-21(29(2,3)4)18-26(28(25)31)30(5,6)7/h8-18,27,31H,1-7H3. The highest BCUT2D eigenvalue weighted by atomic mass is 16.3. The zero-order chi connectivity index (χ0) is 22.6. The van der Waals surface area contributed by atoms with E-state index in [1.54, 1.807) is 0 Å². The Kier molecular flexibility index (Phi) is 5.12. The smallest absolute Gasteiger partial charge is 0.127 e. The first-order valence-corrected chi connectivity index (χ1v) is 11.2. The van der Waals surface area contributed by atoms with Gasteiger partial charge in [-0.1, -0.05) is 108 Å². The van der Waals surface area contributed by atoms with Crippen LogP contribution in [0.2, 0.25) is 0 Å². The summed E-state index contributed by atoms with van der Waals surface area (Å²) in [7, 11) is 0. The summed E-state index contributed by atoms with van der Waals surface area (Å²) in [6, 6.07) is 21.6. The van der Waals surface area contributed by atoms with Gasteiger partial charge in [0.25, 0.3) is 0 Å². The minimum Gasteiger partial charge on any atom is -0.507 e. The summed E-state index contributed by atoms with van der Waals surface area (Å²) in [4.78, 5) is 0. The van der Waals surface area contributed by atoms with Crippen molar-refractivity contribution in [2.45, 2.75) is 65.2 Å². The number of allylic oxidation sites excluding steroid dienone is 1. The molecule has 0 fully saturated rings. The lowest BCUT2D eigenvalue weighted by molar-refractivity contribution is 0.446. The van der Waals surface area contributed by atoms with Crippen LogP contribution in [0.3, 0.4) is 0 Å². The monoisotopic (exact) mass is 410 g/mol. The van der Waals surface area contributed by atoms with E-state index in [0.29, 0.717) is 5.75 Å². The van der Waals surface area contributed by atoms with Crippen LogP contribution in [0.4, 0.5) is 0 Å². The third-order valence-electron chi connectivity index (χ3n) is 6.49. The topological polar surface area (TPSA) is 20.2 Å². The van der Waals surface area contributed by atoms with Gasteiger partial charge in [0.05, 0.1) is 0 Å². The normalized spacial score (nSPS) is 16.2. The molecule has 0 radical (unpaired) electrons. The van der Waals surface area contributed by atoms with Gasteiger partial charge < -0.3 is 5.11 Å². The molecule has 0 spiro atoms. The average molecular weight is 411 g/mol. The van der Waals surface area contributed by atoms with Crippen LogP contribution in [0, 0.1) is 0 Å². The predicted molar refractivity (Wildman–Crippen MR) is 133 cm³/mol. The van der Waals surface area contributed by atoms with E-state index in [9.17, 15) is 5.11 Å². The summed E-state index contributed by atoms with van der Waals surface area (Å²) in [5.41, 5.74) is 9.38. The molecule has 1 aliphatic rings. The molecule has 160 valence electrons. The Morgan fingerprint density at radius 1 is 0.710 bits per heavy atom. The molecule has 0 saturated heterocycles. The van der Waals surface area contributed by atoms with E-state index in [1.165, 1.54) is 27.8 Å². The highest BCUT2D eigenvalue weighted by molar-refractivity contribution is 5.80. The molecule has 1 heteroatoms. The van der Waals surface area contributed by atoms with E-state index in [2.05, 4.69) is 115 Å². The van der Waals surface area contributed by atoms with Crippen molar-refractivity contribution in [2.75, 3.05) is 0 Å². The summed E-state index contributed by atoms with van der Waals surface area (Å²) in [5.74, 6) is 0.615. The van der Waals surface area contributed by atoms with Gasteiger partial charge in [-0.25, -0.2) is 0 Å². The number of hydrogen-bond donors (Lipinski definition) is 1. The van der Waals surface area contributed by atoms with Gasteiger partial charge in [0.15, 0.2) is 0 Å². The maximum atomic E-state index is 11.5. The predicted octanol–water partition coefficient (Wildman–Crippen LogP) is 8.20. The zero-order valence-corrected chi connectivity index (χ0v) is 19.9. The average Bonchev–Trinajstić information content (AvgIpc) is 3.02. The molecule has 1 atom stereocenters. The first-order valence-electron chi connectivity index (χ1n) is 11.2. The molecule has 0 saturated carbocycles. The van der Waals surface area contributed by atoms with E-state index in [0.717, 1.165) is 16.7 Å². The number of fused-ring (bicyclic) bond motifs is 1. The first kappa shape index (κ1) is 21.4. The lowest BCUT2D eigenvalue weighted by Crippen LogP contribution is -2.17. The Hall–Kier alpha value is -2.80.